The quantitative estimate of drug-likeness (QED) is 0.0443. The average molecular weight is 657 g/mol. The van der Waals surface area contributed by atoms with E-state index in [9.17, 15) is 33.9 Å². The molecule has 0 saturated heterocycles. The molecule has 0 rings (SSSR count). The van der Waals surface area contributed by atoms with Crippen LogP contribution in [0.15, 0.2) is 0 Å². The van der Waals surface area contributed by atoms with Crippen molar-refractivity contribution in [1.29, 1.82) is 0 Å². The lowest BCUT2D eigenvalue weighted by Gasteiger charge is -2.14. The van der Waals surface area contributed by atoms with Gasteiger partial charge in [0, 0.05) is 32.4 Å². The monoisotopic (exact) mass is 656 g/mol. The molecule has 0 heterocycles. The van der Waals surface area contributed by atoms with Crippen LogP contribution in [0.25, 0.3) is 0 Å². The van der Waals surface area contributed by atoms with Gasteiger partial charge in [-0.3, -0.25) is 19.2 Å². The van der Waals surface area contributed by atoms with Crippen LogP contribution in [0.4, 0.5) is 0 Å². The third-order valence-electron chi connectivity index (χ3n) is 7.30. The van der Waals surface area contributed by atoms with Gasteiger partial charge >= 0.3 is 11.9 Å². The second-order valence-corrected chi connectivity index (χ2v) is 11.5. The summed E-state index contributed by atoms with van der Waals surface area (Å²) in [4.78, 5) is 69.1. The Morgan fingerprint density at radius 1 is 0.609 bits per heavy atom. The van der Waals surface area contributed by atoms with Gasteiger partial charge in [-0.1, -0.05) is 51.4 Å². The number of rotatable bonds is 32. The summed E-state index contributed by atoms with van der Waals surface area (Å²) in [6.07, 6.45) is 12.2. The van der Waals surface area contributed by atoms with E-state index in [0.717, 1.165) is 70.6 Å². The van der Waals surface area contributed by atoms with Crippen LogP contribution in [0.3, 0.4) is 0 Å². The van der Waals surface area contributed by atoms with E-state index >= 15 is 0 Å². The molecule has 7 N–H and O–H groups in total. The van der Waals surface area contributed by atoms with Crippen LogP contribution in [0, 0.1) is 0 Å². The molecule has 0 aromatic carbocycles. The minimum absolute atomic E-state index is 0.0219. The Kier molecular flexibility index (Phi) is 27.4. The minimum atomic E-state index is -1.18. The van der Waals surface area contributed by atoms with E-state index in [2.05, 4.69) is 16.0 Å². The molecule has 0 fully saturated rings. The first-order valence-corrected chi connectivity index (χ1v) is 16.7. The Bertz CT molecular complexity index is 893. The predicted octanol–water partition coefficient (Wildman–Crippen LogP) is 1.02. The Balaban J connectivity index is 3.74. The van der Waals surface area contributed by atoms with E-state index < -0.39 is 24.0 Å². The van der Waals surface area contributed by atoms with Crippen LogP contribution in [0.2, 0.25) is 0 Å². The molecule has 2 atom stereocenters. The molecule has 15 heteroatoms. The molecule has 0 saturated carbocycles. The number of carboxylic acid groups (broad SMARTS) is 2. The number of aliphatic carboxylic acids is 2. The van der Waals surface area contributed by atoms with Crippen LogP contribution in [0.1, 0.15) is 109 Å². The van der Waals surface area contributed by atoms with Gasteiger partial charge in [-0.05, 0) is 38.5 Å². The number of nitrogens with two attached hydrogens (primary N) is 1. The third-order valence-corrected chi connectivity index (χ3v) is 7.30. The van der Waals surface area contributed by atoms with Crippen LogP contribution in [-0.4, -0.2) is 105 Å². The molecule has 264 valence electrons. The van der Waals surface area contributed by atoms with E-state index in [0.29, 0.717) is 19.4 Å². The number of hydrogen-bond acceptors (Lipinski definition) is 9. The highest BCUT2D eigenvalue weighted by molar-refractivity contribution is 6.59. The van der Waals surface area contributed by atoms with Crippen molar-refractivity contribution in [3.05, 3.63) is 0 Å². The molecule has 3 amide bonds. The highest BCUT2D eigenvalue weighted by atomic mass is 16.5. The Morgan fingerprint density at radius 2 is 1.17 bits per heavy atom. The van der Waals surface area contributed by atoms with Crippen molar-refractivity contribution in [3.63, 3.8) is 0 Å². The molecule has 0 aliphatic rings. The second kappa shape index (κ2) is 29.4. The highest BCUT2D eigenvalue weighted by Gasteiger charge is 2.20. The molecule has 0 aromatic heterocycles. The van der Waals surface area contributed by atoms with Crippen LogP contribution in [0.5, 0.6) is 0 Å². The molecule has 0 bridgehead atoms. The largest absolute Gasteiger partial charge is 0.481 e. The first-order chi connectivity index (χ1) is 22.0. The topological polar surface area (TPSA) is 223 Å². The van der Waals surface area contributed by atoms with Gasteiger partial charge < -0.3 is 46.2 Å². The fourth-order valence-electron chi connectivity index (χ4n) is 4.48. The number of ether oxygens (including phenoxy) is 2. The third kappa shape index (κ3) is 28.4. The van der Waals surface area contributed by atoms with Gasteiger partial charge in [0.25, 0.3) is 0 Å². The van der Waals surface area contributed by atoms with Crippen LogP contribution < -0.4 is 21.7 Å². The average Bonchev–Trinajstić information content (AvgIpc) is 3.00. The first kappa shape index (κ1) is 43.0. The summed E-state index contributed by atoms with van der Waals surface area (Å²) >= 11 is 0. The molecular formula is C31H57BN4O10. The number of carboxylic acids is 2. The first-order valence-electron chi connectivity index (χ1n) is 16.7. The number of carbonyl (C=O) groups excluding carboxylic acids is 4. The van der Waals surface area contributed by atoms with Crippen molar-refractivity contribution >= 4 is 43.2 Å². The van der Waals surface area contributed by atoms with Gasteiger partial charge in [0.1, 0.15) is 12.6 Å². The van der Waals surface area contributed by atoms with Gasteiger partial charge in [-0.25, -0.2) is 4.79 Å². The number of carbonyl (C=O) groups is 6. The standard InChI is InChI=1S/C31H57BN4O10/c32-30(42)24(33)13-11-12-18-34-28(39)23-46-22-21-45-20-19-35-26(37)17-16-25(31(43)44)36-27(38)14-9-7-5-3-1-2-4-6-8-10-15-29(40)41/h24-25H,1-23,32-33H2,(H,34,39)(H,35,37)(H,36,38)(H,40,41)(H,43,44). The molecule has 0 aliphatic carbocycles. The van der Waals surface area contributed by atoms with E-state index in [1.807, 2.05) is 0 Å². The van der Waals surface area contributed by atoms with Gasteiger partial charge in [0.15, 0.2) is 7.85 Å². The molecule has 2 unspecified atom stereocenters. The fourth-order valence-corrected chi connectivity index (χ4v) is 4.48. The summed E-state index contributed by atoms with van der Waals surface area (Å²) in [7, 11) is 1.46. The van der Waals surface area contributed by atoms with Crippen molar-refractivity contribution in [2.45, 2.75) is 121 Å². The van der Waals surface area contributed by atoms with Gasteiger partial charge in [0.2, 0.25) is 17.7 Å². The number of hydrogen-bond donors (Lipinski definition) is 6. The van der Waals surface area contributed by atoms with Gasteiger partial charge in [0.05, 0.1) is 31.5 Å². The molecule has 46 heavy (non-hydrogen) atoms. The van der Waals surface area contributed by atoms with Crippen LogP contribution >= 0.6 is 0 Å². The summed E-state index contributed by atoms with van der Waals surface area (Å²) in [5, 5.41) is 25.9. The number of unbranched alkanes of at least 4 members (excludes halogenated alkanes) is 10. The van der Waals surface area contributed by atoms with Gasteiger partial charge in [-0.2, -0.15) is 0 Å². The number of amides is 3. The Labute approximate surface area is 274 Å². The molecule has 0 aromatic rings. The van der Waals surface area contributed by atoms with Crippen LogP contribution in [-0.2, 0) is 38.2 Å². The van der Waals surface area contributed by atoms with E-state index in [-0.39, 0.29) is 82.1 Å². The second-order valence-electron chi connectivity index (χ2n) is 11.5. The summed E-state index contributed by atoms with van der Waals surface area (Å²) in [6, 6.07) is -1.59. The Morgan fingerprint density at radius 3 is 1.76 bits per heavy atom. The lowest BCUT2D eigenvalue weighted by atomic mass is 9.92. The summed E-state index contributed by atoms with van der Waals surface area (Å²) in [5.74, 6) is -2.86. The SMILES string of the molecule is BC(=O)C(N)CCCCNC(=O)COCCOCCNC(=O)CCC(NC(=O)CCCCCCCCCCCCC(=O)O)C(=O)O. The predicted molar refractivity (Wildman–Crippen MR) is 175 cm³/mol. The summed E-state index contributed by atoms with van der Waals surface area (Å²) < 4.78 is 10.6. The smallest absolute Gasteiger partial charge is 0.326 e. The highest BCUT2D eigenvalue weighted by Crippen LogP contribution is 2.12. The summed E-state index contributed by atoms with van der Waals surface area (Å²) in [5.41, 5.74) is 5.61. The molecule has 0 aliphatic heterocycles. The normalized spacial score (nSPS) is 12.2. The van der Waals surface area contributed by atoms with Crippen molar-refractivity contribution in [2.75, 3.05) is 39.5 Å². The maximum atomic E-state index is 12.2. The van der Waals surface area contributed by atoms with Crippen molar-refractivity contribution in [2.24, 2.45) is 5.73 Å². The zero-order valence-corrected chi connectivity index (χ0v) is 27.7. The Hall–Kier alpha value is -3.04. The summed E-state index contributed by atoms with van der Waals surface area (Å²) in [6.45, 7) is 1.26. The molecule has 0 spiro atoms. The zero-order chi connectivity index (χ0) is 34.4. The van der Waals surface area contributed by atoms with Crippen molar-refractivity contribution in [1.82, 2.24) is 16.0 Å². The maximum absolute atomic E-state index is 12.2. The zero-order valence-electron chi connectivity index (χ0n) is 27.7. The maximum Gasteiger partial charge on any atom is 0.326 e. The molecule has 14 nitrogen and oxygen atoms in total. The lowest BCUT2D eigenvalue weighted by molar-refractivity contribution is -0.142. The number of nitrogens with one attached hydrogen (secondary N) is 3. The van der Waals surface area contributed by atoms with E-state index in [4.69, 9.17) is 20.3 Å². The van der Waals surface area contributed by atoms with Crippen molar-refractivity contribution < 1.29 is 48.5 Å². The van der Waals surface area contributed by atoms with Gasteiger partial charge in [-0.15, -0.1) is 0 Å². The minimum Gasteiger partial charge on any atom is -0.481 e. The molecular weight excluding hydrogens is 599 g/mol. The fraction of sp³-hybridized carbons (Fsp3) is 0.806. The lowest BCUT2D eigenvalue weighted by Crippen LogP contribution is -2.41. The molecule has 0 radical (unpaired) electrons. The van der Waals surface area contributed by atoms with E-state index in [1.54, 1.807) is 0 Å². The van der Waals surface area contributed by atoms with E-state index in [1.165, 1.54) is 7.85 Å². The van der Waals surface area contributed by atoms with Crippen molar-refractivity contribution in [3.8, 4) is 0 Å².